The summed E-state index contributed by atoms with van der Waals surface area (Å²) in [4.78, 5) is 6.91. The van der Waals surface area contributed by atoms with Crippen LogP contribution in [0.4, 0.5) is 5.69 Å². The van der Waals surface area contributed by atoms with Crippen LogP contribution in [0.5, 0.6) is 0 Å². The van der Waals surface area contributed by atoms with E-state index in [0.717, 1.165) is 16.5 Å². The van der Waals surface area contributed by atoms with Gasteiger partial charge in [-0.25, -0.2) is 0 Å². The van der Waals surface area contributed by atoms with Crippen molar-refractivity contribution in [2.45, 2.75) is 32.9 Å². The lowest BCUT2D eigenvalue weighted by Crippen LogP contribution is -2.29. The van der Waals surface area contributed by atoms with Crippen molar-refractivity contribution >= 4 is 23.0 Å². The topological polar surface area (TPSA) is 33.1 Å². The Balaban J connectivity index is 1.68. The maximum atomic E-state index is 5.85. The van der Waals surface area contributed by atoms with Crippen LogP contribution in [0.1, 0.15) is 40.3 Å². The van der Waals surface area contributed by atoms with E-state index in [9.17, 15) is 0 Å². The third kappa shape index (κ3) is 3.49. The summed E-state index contributed by atoms with van der Waals surface area (Å²) in [5.74, 6) is 0. The standard InChI is InChI=1S/C27H26N4S/c1-18-10-9-13-22(16-18)30-19(2)17-23(20(30)3)26-25(24-14-7-8-15-28-24)29-27(32)31(26)21-11-5-4-6-12-21/h4-17,25-26H,1-3H3,(H,29,32)/t25-,26+/m1/s1. The molecule has 2 aromatic heterocycles. The van der Waals surface area contributed by atoms with Crippen molar-refractivity contribution in [2.75, 3.05) is 4.90 Å². The molecular formula is C27H26N4S. The molecule has 4 nitrogen and oxygen atoms in total. The van der Waals surface area contributed by atoms with Crippen molar-refractivity contribution in [3.63, 3.8) is 0 Å². The van der Waals surface area contributed by atoms with E-state index >= 15 is 0 Å². The van der Waals surface area contributed by atoms with Gasteiger partial charge >= 0.3 is 0 Å². The fourth-order valence-corrected chi connectivity index (χ4v) is 5.13. The van der Waals surface area contributed by atoms with Crippen LogP contribution in [0, 0.1) is 20.8 Å². The van der Waals surface area contributed by atoms with Crippen LogP contribution in [0.25, 0.3) is 5.69 Å². The molecule has 2 atom stereocenters. The van der Waals surface area contributed by atoms with Crippen molar-refractivity contribution in [1.29, 1.82) is 0 Å². The van der Waals surface area contributed by atoms with Gasteiger partial charge in [-0.2, -0.15) is 0 Å². The van der Waals surface area contributed by atoms with E-state index in [4.69, 9.17) is 12.2 Å². The number of anilines is 1. The number of hydrogen-bond acceptors (Lipinski definition) is 2. The zero-order valence-electron chi connectivity index (χ0n) is 18.5. The number of rotatable bonds is 4. The monoisotopic (exact) mass is 438 g/mol. The van der Waals surface area contributed by atoms with Gasteiger partial charge in [0.05, 0.1) is 17.8 Å². The molecular weight excluding hydrogens is 412 g/mol. The number of thiocarbonyl (C=S) groups is 1. The smallest absolute Gasteiger partial charge is 0.174 e. The molecule has 5 heteroatoms. The molecule has 1 aliphatic heterocycles. The Morgan fingerprint density at radius 2 is 1.59 bits per heavy atom. The minimum absolute atomic E-state index is 0.00967. The second-order valence-electron chi connectivity index (χ2n) is 8.33. The van der Waals surface area contributed by atoms with Gasteiger partial charge in [0, 0.05) is 29.0 Å². The maximum Gasteiger partial charge on any atom is 0.174 e. The van der Waals surface area contributed by atoms with E-state index in [1.807, 2.05) is 24.4 Å². The predicted molar refractivity (Wildman–Crippen MR) is 134 cm³/mol. The van der Waals surface area contributed by atoms with Crippen molar-refractivity contribution in [3.8, 4) is 5.69 Å². The van der Waals surface area contributed by atoms with E-state index in [0.29, 0.717) is 0 Å². The van der Waals surface area contributed by atoms with E-state index in [1.165, 1.54) is 28.2 Å². The molecule has 0 unspecified atom stereocenters. The molecule has 4 aromatic rings. The number of nitrogens with one attached hydrogen (secondary N) is 1. The Hall–Kier alpha value is -3.44. The van der Waals surface area contributed by atoms with E-state index in [2.05, 4.69) is 101 Å². The number of nitrogens with zero attached hydrogens (tertiary/aromatic N) is 3. The second-order valence-corrected chi connectivity index (χ2v) is 8.72. The Morgan fingerprint density at radius 1 is 0.844 bits per heavy atom. The fraction of sp³-hybridized carbons (Fsp3) is 0.185. The zero-order chi connectivity index (χ0) is 22.2. The van der Waals surface area contributed by atoms with Gasteiger partial charge in [-0.15, -0.1) is 0 Å². The molecule has 160 valence electrons. The first-order chi connectivity index (χ1) is 15.5. The Kier molecular flexibility index (Phi) is 5.27. The van der Waals surface area contributed by atoms with Gasteiger partial charge in [0.25, 0.3) is 0 Å². The third-order valence-corrected chi connectivity index (χ3v) is 6.50. The molecule has 0 spiro atoms. The van der Waals surface area contributed by atoms with E-state index in [1.54, 1.807) is 0 Å². The summed E-state index contributed by atoms with van der Waals surface area (Å²) in [5.41, 5.74) is 8.15. The summed E-state index contributed by atoms with van der Waals surface area (Å²) in [6.45, 7) is 6.50. The van der Waals surface area contributed by atoms with Crippen LogP contribution in [0.3, 0.4) is 0 Å². The molecule has 0 saturated carbocycles. The van der Waals surface area contributed by atoms with Crippen LogP contribution in [-0.4, -0.2) is 14.7 Å². The number of para-hydroxylation sites is 1. The summed E-state index contributed by atoms with van der Waals surface area (Å²) in [7, 11) is 0. The number of aromatic nitrogens is 2. The highest BCUT2D eigenvalue weighted by Gasteiger charge is 2.42. The lowest BCUT2D eigenvalue weighted by atomic mass is 9.96. The first-order valence-corrected chi connectivity index (χ1v) is 11.3. The van der Waals surface area contributed by atoms with Crippen molar-refractivity contribution < 1.29 is 0 Å². The number of benzene rings is 2. The van der Waals surface area contributed by atoms with Gasteiger partial charge in [-0.1, -0.05) is 36.4 Å². The van der Waals surface area contributed by atoms with Crippen LogP contribution < -0.4 is 10.2 Å². The molecule has 0 radical (unpaired) electrons. The first-order valence-electron chi connectivity index (χ1n) is 10.9. The quantitative estimate of drug-likeness (QED) is 0.398. The van der Waals surface area contributed by atoms with E-state index < -0.39 is 0 Å². The summed E-state index contributed by atoms with van der Waals surface area (Å²) in [6, 6.07) is 27.3. The largest absolute Gasteiger partial charge is 0.351 e. The third-order valence-electron chi connectivity index (χ3n) is 6.18. The lowest BCUT2D eigenvalue weighted by Gasteiger charge is -2.28. The van der Waals surface area contributed by atoms with Gasteiger partial charge in [0.2, 0.25) is 0 Å². The highest BCUT2D eigenvalue weighted by atomic mass is 32.1. The van der Waals surface area contributed by atoms with Crippen molar-refractivity contribution in [3.05, 3.63) is 113 Å². The van der Waals surface area contributed by atoms with Gasteiger partial charge in [-0.3, -0.25) is 4.98 Å². The fourth-order valence-electron chi connectivity index (χ4n) is 4.79. The van der Waals surface area contributed by atoms with Crippen LogP contribution in [0.15, 0.2) is 85.1 Å². The molecule has 0 bridgehead atoms. The molecule has 1 N–H and O–H groups in total. The van der Waals surface area contributed by atoms with E-state index in [-0.39, 0.29) is 12.1 Å². The first kappa shape index (κ1) is 20.5. The number of pyridine rings is 1. The Bertz CT molecular complexity index is 1260. The molecule has 1 saturated heterocycles. The zero-order valence-corrected chi connectivity index (χ0v) is 19.3. The summed E-state index contributed by atoms with van der Waals surface area (Å²) >= 11 is 5.85. The molecule has 32 heavy (non-hydrogen) atoms. The average Bonchev–Trinajstić information content (AvgIpc) is 3.30. The van der Waals surface area contributed by atoms with Crippen LogP contribution in [0.2, 0.25) is 0 Å². The molecule has 0 amide bonds. The molecule has 5 rings (SSSR count). The Labute approximate surface area is 194 Å². The van der Waals surface area contributed by atoms with Gasteiger partial charge in [0.15, 0.2) is 5.11 Å². The maximum absolute atomic E-state index is 5.85. The minimum atomic E-state index is -0.0460. The predicted octanol–water partition coefficient (Wildman–Crippen LogP) is 5.97. The molecule has 2 aromatic carbocycles. The van der Waals surface area contributed by atoms with Crippen LogP contribution in [-0.2, 0) is 0 Å². The van der Waals surface area contributed by atoms with Gasteiger partial charge < -0.3 is 14.8 Å². The average molecular weight is 439 g/mol. The second kappa shape index (κ2) is 8.24. The number of hydrogen-bond donors (Lipinski definition) is 1. The Morgan fingerprint density at radius 3 is 2.31 bits per heavy atom. The SMILES string of the molecule is Cc1cccc(-n2c(C)cc([C@H]3[C@@H](c4ccccn4)NC(=S)N3c3ccccc3)c2C)c1. The highest BCUT2D eigenvalue weighted by molar-refractivity contribution is 7.80. The summed E-state index contributed by atoms with van der Waals surface area (Å²) < 4.78 is 2.34. The molecule has 1 aliphatic rings. The number of aryl methyl sites for hydroxylation is 2. The lowest BCUT2D eigenvalue weighted by molar-refractivity contribution is 0.565. The molecule has 1 fully saturated rings. The van der Waals surface area contributed by atoms with Crippen molar-refractivity contribution in [2.24, 2.45) is 0 Å². The normalized spacial score (nSPS) is 18.1. The summed E-state index contributed by atoms with van der Waals surface area (Å²) in [6.07, 6.45) is 1.85. The highest BCUT2D eigenvalue weighted by Crippen LogP contribution is 2.43. The van der Waals surface area contributed by atoms with Crippen molar-refractivity contribution in [1.82, 2.24) is 14.9 Å². The van der Waals surface area contributed by atoms with Crippen LogP contribution >= 0.6 is 12.2 Å². The minimum Gasteiger partial charge on any atom is -0.351 e. The van der Waals surface area contributed by atoms with Gasteiger partial charge in [-0.05, 0) is 86.6 Å². The van der Waals surface area contributed by atoms with Gasteiger partial charge in [0.1, 0.15) is 0 Å². The molecule has 0 aliphatic carbocycles. The molecule has 3 heterocycles. The summed E-state index contributed by atoms with van der Waals surface area (Å²) in [5, 5.41) is 4.28.